The molecule has 3 heteroatoms. The minimum absolute atomic E-state index is 0.395. The number of thiazole rings is 1. The Labute approximate surface area is 113 Å². The lowest BCUT2D eigenvalue weighted by Gasteiger charge is -2.20. The number of rotatable bonds is 6. The lowest BCUT2D eigenvalue weighted by molar-refractivity contribution is 0.530. The number of aryl methyl sites for hydroxylation is 1. The molecule has 2 rings (SSSR count). The van der Waals surface area contributed by atoms with Gasteiger partial charge in [0.25, 0.3) is 0 Å². The zero-order valence-corrected chi connectivity index (χ0v) is 11.8. The van der Waals surface area contributed by atoms with E-state index in [0.717, 1.165) is 19.4 Å². The molecule has 1 N–H and O–H groups in total. The third kappa shape index (κ3) is 3.40. The Balaban J connectivity index is 2.16. The van der Waals surface area contributed by atoms with Gasteiger partial charge >= 0.3 is 0 Å². The molecule has 1 atom stereocenters. The second kappa shape index (κ2) is 6.66. The first kappa shape index (κ1) is 13.2. The summed E-state index contributed by atoms with van der Waals surface area (Å²) in [5.41, 5.74) is 4.67. The molecule has 0 spiro atoms. The van der Waals surface area contributed by atoms with Crippen LogP contribution in [-0.4, -0.2) is 11.5 Å². The molecule has 0 aliphatic rings. The summed E-state index contributed by atoms with van der Waals surface area (Å²) in [6.45, 7) is 5.44. The number of hydrogen-bond donors (Lipinski definition) is 1. The third-order valence-corrected chi connectivity index (χ3v) is 3.90. The molecular weight excluding hydrogens is 240 g/mol. The predicted molar refractivity (Wildman–Crippen MR) is 78.0 cm³/mol. The van der Waals surface area contributed by atoms with Crippen molar-refractivity contribution in [2.75, 3.05) is 6.54 Å². The summed E-state index contributed by atoms with van der Waals surface area (Å²) in [6, 6.07) is 9.02. The molecule has 0 aliphatic carbocycles. The monoisotopic (exact) mass is 260 g/mol. The third-order valence-electron chi connectivity index (χ3n) is 3.09. The van der Waals surface area contributed by atoms with E-state index in [2.05, 4.69) is 48.4 Å². The first-order chi connectivity index (χ1) is 8.81. The molecule has 0 radical (unpaired) electrons. The summed E-state index contributed by atoms with van der Waals surface area (Å²) in [7, 11) is 0. The highest BCUT2D eigenvalue weighted by molar-refractivity contribution is 7.09. The van der Waals surface area contributed by atoms with E-state index in [4.69, 9.17) is 0 Å². The molecular formula is C15H20N2S. The van der Waals surface area contributed by atoms with Crippen molar-refractivity contribution in [2.45, 2.75) is 32.7 Å². The molecule has 0 amide bonds. The van der Waals surface area contributed by atoms with Gasteiger partial charge in [-0.1, -0.05) is 31.2 Å². The smallest absolute Gasteiger partial charge is 0.0794 e. The Bertz CT molecular complexity index is 465. The Morgan fingerprint density at radius 3 is 2.83 bits per heavy atom. The van der Waals surface area contributed by atoms with Gasteiger partial charge in [-0.25, -0.2) is 0 Å². The van der Waals surface area contributed by atoms with Crippen LogP contribution in [0.25, 0.3) is 0 Å². The molecule has 2 nitrogen and oxygen atoms in total. The maximum absolute atomic E-state index is 4.16. The van der Waals surface area contributed by atoms with Gasteiger partial charge in [-0.05, 0) is 31.0 Å². The van der Waals surface area contributed by atoms with Crippen LogP contribution in [0.3, 0.4) is 0 Å². The molecule has 0 aliphatic heterocycles. The predicted octanol–water partition coefficient (Wildman–Crippen LogP) is 3.73. The van der Waals surface area contributed by atoms with Gasteiger partial charge in [-0.3, -0.25) is 4.98 Å². The van der Waals surface area contributed by atoms with Crippen molar-refractivity contribution in [1.82, 2.24) is 10.3 Å². The summed E-state index contributed by atoms with van der Waals surface area (Å²) in [5.74, 6) is 0. The topological polar surface area (TPSA) is 24.9 Å². The Hall–Kier alpha value is -1.19. The van der Waals surface area contributed by atoms with Gasteiger partial charge in [0, 0.05) is 23.5 Å². The van der Waals surface area contributed by atoms with Crippen LogP contribution < -0.4 is 5.32 Å². The Kier molecular flexibility index (Phi) is 4.90. The molecule has 18 heavy (non-hydrogen) atoms. The van der Waals surface area contributed by atoms with Gasteiger partial charge in [0.15, 0.2) is 0 Å². The molecule has 1 unspecified atom stereocenters. The van der Waals surface area contributed by atoms with E-state index in [1.165, 1.54) is 16.0 Å². The second-order valence-corrected chi connectivity index (χ2v) is 5.51. The number of nitrogens with one attached hydrogen (secondary N) is 1. The highest BCUT2D eigenvalue weighted by atomic mass is 32.1. The molecule has 0 fully saturated rings. The molecule has 1 aromatic heterocycles. The molecule has 0 saturated carbocycles. The first-order valence-corrected chi connectivity index (χ1v) is 7.35. The molecule has 1 heterocycles. The average Bonchev–Trinajstić information content (AvgIpc) is 2.88. The lowest BCUT2D eigenvalue weighted by Crippen LogP contribution is -2.24. The maximum Gasteiger partial charge on any atom is 0.0794 e. The fraction of sp³-hybridized carbons (Fsp3) is 0.400. The van der Waals surface area contributed by atoms with Crippen LogP contribution in [0.5, 0.6) is 0 Å². The van der Waals surface area contributed by atoms with Crippen molar-refractivity contribution in [3.05, 3.63) is 52.0 Å². The van der Waals surface area contributed by atoms with Crippen molar-refractivity contribution in [1.29, 1.82) is 0 Å². The van der Waals surface area contributed by atoms with Gasteiger partial charge in [-0.2, -0.15) is 0 Å². The highest BCUT2D eigenvalue weighted by Gasteiger charge is 2.14. The first-order valence-electron chi connectivity index (χ1n) is 6.47. The largest absolute Gasteiger partial charge is 0.310 e. The van der Waals surface area contributed by atoms with Crippen LogP contribution in [0.2, 0.25) is 0 Å². The van der Waals surface area contributed by atoms with Gasteiger partial charge < -0.3 is 5.32 Å². The van der Waals surface area contributed by atoms with E-state index in [0.29, 0.717) is 6.04 Å². The molecule has 2 aromatic rings. The van der Waals surface area contributed by atoms with Crippen molar-refractivity contribution < 1.29 is 0 Å². The van der Waals surface area contributed by atoms with Crippen molar-refractivity contribution in [3.8, 4) is 0 Å². The average molecular weight is 260 g/mol. The fourth-order valence-corrected chi connectivity index (χ4v) is 2.77. The van der Waals surface area contributed by atoms with E-state index < -0.39 is 0 Å². The molecule has 0 saturated heterocycles. The van der Waals surface area contributed by atoms with E-state index in [1.54, 1.807) is 11.3 Å². The van der Waals surface area contributed by atoms with Gasteiger partial charge in [0.2, 0.25) is 0 Å². The highest BCUT2D eigenvalue weighted by Crippen LogP contribution is 2.23. The lowest BCUT2D eigenvalue weighted by atomic mass is 9.98. The summed E-state index contributed by atoms with van der Waals surface area (Å²) >= 11 is 1.73. The van der Waals surface area contributed by atoms with E-state index >= 15 is 0 Å². The van der Waals surface area contributed by atoms with E-state index in [1.807, 2.05) is 11.7 Å². The number of benzene rings is 1. The van der Waals surface area contributed by atoms with Crippen LogP contribution in [0, 0.1) is 6.92 Å². The summed E-state index contributed by atoms with van der Waals surface area (Å²) < 4.78 is 0. The van der Waals surface area contributed by atoms with Crippen LogP contribution in [0.4, 0.5) is 0 Å². The van der Waals surface area contributed by atoms with Crippen LogP contribution in [0.15, 0.2) is 36.0 Å². The number of aromatic nitrogens is 1. The van der Waals surface area contributed by atoms with Gasteiger partial charge in [0.05, 0.1) is 5.51 Å². The fourth-order valence-electron chi connectivity index (χ4n) is 2.13. The quantitative estimate of drug-likeness (QED) is 0.856. The van der Waals surface area contributed by atoms with Crippen LogP contribution >= 0.6 is 11.3 Å². The molecule has 1 aromatic carbocycles. The second-order valence-electron chi connectivity index (χ2n) is 4.54. The maximum atomic E-state index is 4.16. The standard InChI is InChI=1S/C15H20N2S/c1-3-8-17-15(9-13-10-16-11-18-13)14-7-5-4-6-12(14)2/h4-7,10-11,15,17H,3,8-9H2,1-2H3. The van der Waals surface area contributed by atoms with Crippen molar-refractivity contribution in [3.63, 3.8) is 0 Å². The summed E-state index contributed by atoms with van der Waals surface area (Å²) in [4.78, 5) is 5.50. The Morgan fingerprint density at radius 1 is 1.33 bits per heavy atom. The van der Waals surface area contributed by atoms with Crippen LogP contribution in [0.1, 0.15) is 35.4 Å². The minimum Gasteiger partial charge on any atom is -0.310 e. The van der Waals surface area contributed by atoms with E-state index in [9.17, 15) is 0 Å². The van der Waals surface area contributed by atoms with Gasteiger partial charge in [-0.15, -0.1) is 11.3 Å². The SMILES string of the molecule is CCCNC(Cc1cncs1)c1ccccc1C. The van der Waals surface area contributed by atoms with Crippen molar-refractivity contribution >= 4 is 11.3 Å². The number of nitrogens with zero attached hydrogens (tertiary/aromatic N) is 1. The minimum atomic E-state index is 0.395. The Morgan fingerprint density at radius 2 is 2.17 bits per heavy atom. The zero-order chi connectivity index (χ0) is 12.8. The molecule has 96 valence electrons. The van der Waals surface area contributed by atoms with Crippen LogP contribution in [-0.2, 0) is 6.42 Å². The van der Waals surface area contributed by atoms with Crippen molar-refractivity contribution in [2.24, 2.45) is 0 Å². The van der Waals surface area contributed by atoms with E-state index in [-0.39, 0.29) is 0 Å². The summed E-state index contributed by atoms with van der Waals surface area (Å²) in [5, 5.41) is 3.64. The number of hydrogen-bond acceptors (Lipinski definition) is 3. The molecule has 0 bridgehead atoms. The van der Waals surface area contributed by atoms with Gasteiger partial charge in [0.1, 0.15) is 0 Å². The summed E-state index contributed by atoms with van der Waals surface area (Å²) in [6.07, 6.45) is 4.16. The zero-order valence-electron chi connectivity index (χ0n) is 11.0. The normalized spacial score (nSPS) is 12.6.